The van der Waals surface area contributed by atoms with E-state index in [1.807, 2.05) is 46.9 Å². The molecule has 1 rings (SSSR count). The Morgan fingerprint density at radius 1 is 1.38 bits per heavy atom. The smallest absolute Gasteiger partial charge is 0.101 e. The second-order valence-corrected chi connectivity index (χ2v) is 4.24. The van der Waals surface area contributed by atoms with Gasteiger partial charge in [0.25, 0.3) is 0 Å². The minimum absolute atomic E-state index is 0.400. The number of anilines is 1. The Balaban J connectivity index is 2.98. The molecule has 0 atom stereocenters. The predicted molar refractivity (Wildman–Crippen MR) is 66.0 cm³/mol. The van der Waals surface area contributed by atoms with Gasteiger partial charge >= 0.3 is 0 Å². The second kappa shape index (κ2) is 4.60. The van der Waals surface area contributed by atoms with Crippen LogP contribution in [0.1, 0.15) is 19.4 Å². The molecule has 0 heterocycles. The lowest BCUT2D eigenvalue weighted by atomic mass is 10.2. The first-order chi connectivity index (χ1) is 6.11. The molecule has 2 nitrogen and oxygen atoms in total. The fourth-order valence-electron chi connectivity index (χ4n) is 1.11. The number of hydrogen-bond acceptors (Lipinski definition) is 2. The fourth-order valence-corrected chi connectivity index (χ4v) is 1.58. The van der Waals surface area contributed by atoms with Crippen molar-refractivity contribution in [1.29, 1.82) is 5.41 Å². The number of para-hydroxylation sites is 1. The van der Waals surface area contributed by atoms with Crippen LogP contribution in [-0.2, 0) is 0 Å². The maximum Gasteiger partial charge on any atom is 0.101 e. The Labute approximate surface area is 92.4 Å². The Bertz CT molecular complexity index is 308. The van der Waals surface area contributed by atoms with Crippen LogP contribution < -0.4 is 5.32 Å². The van der Waals surface area contributed by atoms with Gasteiger partial charge in [-0.1, -0.05) is 18.2 Å². The van der Waals surface area contributed by atoms with E-state index >= 15 is 0 Å². The molecule has 0 aromatic heterocycles. The molecule has 0 bridgehead atoms. The van der Waals surface area contributed by atoms with Crippen molar-refractivity contribution in [2.24, 2.45) is 0 Å². The number of halogens is 1. The van der Waals surface area contributed by atoms with Gasteiger partial charge in [-0.15, -0.1) is 0 Å². The van der Waals surface area contributed by atoms with Gasteiger partial charge in [0.15, 0.2) is 0 Å². The average molecular weight is 288 g/mol. The van der Waals surface area contributed by atoms with Gasteiger partial charge in [0.05, 0.1) is 0 Å². The van der Waals surface area contributed by atoms with Gasteiger partial charge in [-0.05, 0) is 42.5 Å². The van der Waals surface area contributed by atoms with Gasteiger partial charge in [-0.25, -0.2) is 0 Å². The molecule has 0 aliphatic carbocycles. The molecule has 0 fully saturated rings. The third kappa shape index (κ3) is 2.99. The molecule has 0 radical (unpaired) electrons. The van der Waals surface area contributed by atoms with Gasteiger partial charge in [-0.3, -0.25) is 5.41 Å². The third-order valence-electron chi connectivity index (χ3n) is 1.61. The van der Waals surface area contributed by atoms with Crippen molar-refractivity contribution in [3.63, 3.8) is 0 Å². The average Bonchev–Trinajstić information content (AvgIpc) is 2.03. The summed E-state index contributed by atoms with van der Waals surface area (Å²) < 4.78 is 0.571. The minimum Gasteiger partial charge on any atom is -0.382 e. The molecular formula is C10H13IN2. The standard InChI is InChI=1S/C10H13IN2/c1-7(2)13-9-6-4-3-5-8(9)10(11)12/h3-7,12-13H,1-2H3. The zero-order valence-electron chi connectivity index (χ0n) is 7.76. The highest BCUT2D eigenvalue weighted by atomic mass is 127. The predicted octanol–water partition coefficient (Wildman–Crippen LogP) is 3.27. The quantitative estimate of drug-likeness (QED) is 0.650. The Morgan fingerprint density at radius 2 is 2.00 bits per heavy atom. The molecular weight excluding hydrogens is 275 g/mol. The van der Waals surface area contributed by atoms with E-state index in [-0.39, 0.29) is 0 Å². The summed E-state index contributed by atoms with van der Waals surface area (Å²) in [5, 5.41) is 10.9. The molecule has 1 aromatic rings. The molecule has 0 saturated carbocycles. The summed E-state index contributed by atoms with van der Waals surface area (Å²) in [6, 6.07) is 8.29. The van der Waals surface area contributed by atoms with Crippen LogP contribution in [0.4, 0.5) is 5.69 Å². The largest absolute Gasteiger partial charge is 0.382 e. The van der Waals surface area contributed by atoms with Crippen molar-refractivity contribution in [1.82, 2.24) is 0 Å². The molecule has 0 spiro atoms. The van der Waals surface area contributed by atoms with Crippen LogP contribution in [0.5, 0.6) is 0 Å². The molecule has 3 heteroatoms. The molecule has 0 unspecified atom stereocenters. The zero-order valence-corrected chi connectivity index (χ0v) is 9.92. The third-order valence-corrected chi connectivity index (χ3v) is 2.19. The SMILES string of the molecule is CC(C)Nc1ccccc1C(=N)I. The van der Waals surface area contributed by atoms with Crippen LogP contribution in [0, 0.1) is 5.41 Å². The number of rotatable bonds is 3. The van der Waals surface area contributed by atoms with Gasteiger partial charge in [0.1, 0.15) is 3.72 Å². The van der Waals surface area contributed by atoms with E-state index in [0.717, 1.165) is 11.3 Å². The monoisotopic (exact) mass is 288 g/mol. The highest BCUT2D eigenvalue weighted by Crippen LogP contribution is 2.18. The lowest BCUT2D eigenvalue weighted by molar-refractivity contribution is 0.899. The van der Waals surface area contributed by atoms with Crippen LogP contribution in [-0.4, -0.2) is 9.76 Å². The molecule has 2 N–H and O–H groups in total. The van der Waals surface area contributed by atoms with E-state index in [1.165, 1.54) is 0 Å². The van der Waals surface area contributed by atoms with Crippen LogP contribution in [0.15, 0.2) is 24.3 Å². The summed E-state index contributed by atoms with van der Waals surface area (Å²) >= 11 is 2.02. The van der Waals surface area contributed by atoms with E-state index in [2.05, 4.69) is 19.2 Å². The molecule has 0 aliphatic rings. The van der Waals surface area contributed by atoms with Gasteiger partial charge < -0.3 is 5.32 Å². The van der Waals surface area contributed by atoms with Gasteiger partial charge in [-0.2, -0.15) is 0 Å². The summed E-state index contributed by atoms with van der Waals surface area (Å²) in [4.78, 5) is 0. The number of nitrogens with one attached hydrogen (secondary N) is 2. The molecule has 13 heavy (non-hydrogen) atoms. The molecule has 1 aromatic carbocycles. The fraction of sp³-hybridized carbons (Fsp3) is 0.300. The van der Waals surface area contributed by atoms with Crippen molar-refractivity contribution in [2.75, 3.05) is 5.32 Å². The molecule has 70 valence electrons. The van der Waals surface area contributed by atoms with E-state index < -0.39 is 0 Å². The van der Waals surface area contributed by atoms with Crippen molar-refractivity contribution < 1.29 is 0 Å². The van der Waals surface area contributed by atoms with Gasteiger partial charge in [0, 0.05) is 17.3 Å². The van der Waals surface area contributed by atoms with Crippen molar-refractivity contribution >= 4 is 32.0 Å². The topological polar surface area (TPSA) is 35.9 Å². The maximum absolute atomic E-state index is 7.57. The first-order valence-corrected chi connectivity index (χ1v) is 5.29. The van der Waals surface area contributed by atoms with Crippen LogP contribution in [0.25, 0.3) is 0 Å². The molecule has 0 aliphatic heterocycles. The summed E-state index contributed by atoms with van der Waals surface area (Å²) in [7, 11) is 0. The highest BCUT2D eigenvalue weighted by molar-refractivity contribution is 14.1. The van der Waals surface area contributed by atoms with E-state index in [4.69, 9.17) is 5.41 Å². The van der Waals surface area contributed by atoms with E-state index in [1.54, 1.807) is 0 Å². The van der Waals surface area contributed by atoms with Crippen LogP contribution in [0.2, 0.25) is 0 Å². The van der Waals surface area contributed by atoms with Crippen molar-refractivity contribution in [3.8, 4) is 0 Å². The van der Waals surface area contributed by atoms with E-state index in [9.17, 15) is 0 Å². The summed E-state index contributed by atoms with van der Waals surface area (Å²) in [5.74, 6) is 0. The van der Waals surface area contributed by atoms with Crippen molar-refractivity contribution in [3.05, 3.63) is 29.8 Å². The minimum atomic E-state index is 0.400. The maximum atomic E-state index is 7.57. The highest BCUT2D eigenvalue weighted by Gasteiger charge is 2.04. The normalized spacial score (nSPS) is 10.2. The number of hydrogen-bond donors (Lipinski definition) is 2. The lowest BCUT2D eigenvalue weighted by Gasteiger charge is -2.13. The summed E-state index contributed by atoms with van der Waals surface area (Å²) in [5.41, 5.74) is 2.01. The summed E-state index contributed by atoms with van der Waals surface area (Å²) in [6.45, 7) is 4.18. The Hall–Kier alpha value is -0.580. The molecule has 0 saturated heterocycles. The van der Waals surface area contributed by atoms with Crippen LogP contribution >= 0.6 is 22.6 Å². The lowest BCUT2D eigenvalue weighted by Crippen LogP contribution is -2.11. The zero-order chi connectivity index (χ0) is 9.84. The summed E-state index contributed by atoms with van der Waals surface area (Å²) in [6.07, 6.45) is 0. The first kappa shape index (κ1) is 10.5. The molecule has 0 amide bonds. The number of benzene rings is 1. The second-order valence-electron chi connectivity index (χ2n) is 3.16. The Morgan fingerprint density at radius 3 is 2.54 bits per heavy atom. The Kier molecular flexibility index (Phi) is 3.71. The first-order valence-electron chi connectivity index (χ1n) is 4.21. The van der Waals surface area contributed by atoms with Gasteiger partial charge in [0.2, 0.25) is 0 Å². The van der Waals surface area contributed by atoms with Crippen LogP contribution in [0.3, 0.4) is 0 Å². The van der Waals surface area contributed by atoms with Crippen molar-refractivity contribution in [2.45, 2.75) is 19.9 Å². The van der Waals surface area contributed by atoms with E-state index in [0.29, 0.717) is 9.76 Å².